The quantitative estimate of drug-likeness (QED) is 0.282. The van der Waals surface area contributed by atoms with E-state index in [1.807, 2.05) is 6.92 Å². The Morgan fingerprint density at radius 3 is 2.79 bits per heavy atom. The van der Waals surface area contributed by atoms with Gasteiger partial charge >= 0.3 is 5.91 Å². The van der Waals surface area contributed by atoms with E-state index >= 15 is 0 Å². The minimum atomic E-state index is -0.986. The Morgan fingerprint density at radius 1 is 1.29 bits per heavy atom. The van der Waals surface area contributed by atoms with E-state index in [-0.39, 0.29) is 28.9 Å². The lowest BCUT2D eigenvalue weighted by Crippen LogP contribution is -2.29. The van der Waals surface area contributed by atoms with Crippen molar-refractivity contribution in [3.05, 3.63) is 68.6 Å². The smallest absolute Gasteiger partial charge is 0.301 e. The van der Waals surface area contributed by atoms with E-state index in [1.54, 1.807) is 29.6 Å². The Kier molecular flexibility index (Phi) is 5.57. The van der Waals surface area contributed by atoms with Crippen molar-refractivity contribution in [1.29, 1.82) is 0 Å². The molecular formula is C24H19BrN2O6S. The first-order chi connectivity index (χ1) is 16.3. The van der Waals surface area contributed by atoms with Crippen LogP contribution in [-0.2, 0) is 16.0 Å². The summed E-state index contributed by atoms with van der Waals surface area (Å²) < 4.78 is 11.3. The van der Waals surface area contributed by atoms with E-state index in [0.717, 1.165) is 11.3 Å². The van der Waals surface area contributed by atoms with Gasteiger partial charge in [0.25, 0.3) is 5.78 Å². The van der Waals surface area contributed by atoms with E-state index in [0.29, 0.717) is 27.2 Å². The number of aliphatic hydroxyl groups excluding tert-OH is 1. The zero-order valence-corrected chi connectivity index (χ0v) is 20.5. The summed E-state index contributed by atoms with van der Waals surface area (Å²) >= 11 is 4.50. The monoisotopic (exact) mass is 542 g/mol. The highest BCUT2D eigenvalue weighted by molar-refractivity contribution is 9.10. The van der Waals surface area contributed by atoms with Gasteiger partial charge in [0.2, 0.25) is 0 Å². The van der Waals surface area contributed by atoms with Crippen LogP contribution in [0.5, 0.6) is 17.2 Å². The molecule has 8 nitrogen and oxygen atoms in total. The number of thiazole rings is 1. The number of phenols is 1. The molecule has 0 aliphatic carbocycles. The number of amides is 1. The standard InChI is InChI=1S/C24H19BrN2O6S/c1-11-7-13-8-12(3-4-16(13)33-11)20(28)18-19(14-9-15(25)21(29)17(10-14)32-2)27(23(31)22(18)30)24-26-5-6-34-24/h3-6,8-11,19,28-29H,7H2,1-2H3/b20-18-. The van der Waals surface area contributed by atoms with Crippen LogP contribution in [0.4, 0.5) is 5.13 Å². The third-order valence-electron chi connectivity index (χ3n) is 5.83. The number of hydrogen-bond acceptors (Lipinski definition) is 8. The fraction of sp³-hybridized carbons (Fsp3) is 0.208. The molecule has 3 heterocycles. The highest BCUT2D eigenvalue weighted by Gasteiger charge is 2.48. The second kappa shape index (κ2) is 8.44. The lowest BCUT2D eigenvalue weighted by molar-refractivity contribution is -0.132. The summed E-state index contributed by atoms with van der Waals surface area (Å²) in [5, 5.41) is 23.6. The van der Waals surface area contributed by atoms with Crippen molar-refractivity contribution in [1.82, 2.24) is 4.98 Å². The summed E-state index contributed by atoms with van der Waals surface area (Å²) in [5.41, 5.74) is 1.70. The minimum Gasteiger partial charge on any atom is -0.507 e. The summed E-state index contributed by atoms with van der Waals surface area (Å²) in [7, 11) is 1.40. The van der Waals surface area contributed by atoms with Gasteiger partial charge in [-0.15, -0.1) is 11.3 Å². The molecule has 1 aromatic heterocycles. The average molecular weight is 543 g/mol. The van der Waals surface area contributed by atoms with Crippen LogP contribution in [0, 0.1) is 0 Å². The summed E-state index contributed by atoms with van der Waals surface area (Å²) in [6.07, 6.45) is 2.23. The van der Waals surface area contributed by atoms with Crippen LogP contribution in [0.2, 0.25) is 0 Å². The normalized spacial score (nSPS) is 21.0. The molecule has 2 N–H and O–H groups in total. The highest BCUT2D eigenvalue weighted by Crippen LogP contribution is 2.46. The van der Waals surface area contributed by atoms with Crippen molar-refractivity contribution < 1.29 is 29.3 Å². The number of hydrogen-bond donors (Lipinski definition) is 2. The molecule has 2 aliphatic heterocycles. The van der Waals surface area contributed by atoms with Gasteiger partial charge in [-0.2, -0.15) is 0 Å². The molecule has 1 amide bonds. The maximum Gasteiger partial charge on any atom is 0.301 e. The number of rotatable bonds is 4. The fourth-order valence-electron chi connectivity index (χ4n) is 4.31. The molecule has 3 aromatic rings. The molecule has 1 fully saturated rings. The van der Waals surface area contributed by atoms with Crippen molar-refractivity contribution in [3.8, 4) is 17.2 Å². The van der Waals surface area contributed by atoms with Gasteiger partial charge in [0.05, 0.1) is 23.2 Å². The fourth-order valence-corrected chi connectivity index (χ4v) is 5.44. The number of aromatic nitrogens is 1. The summed E-state index contributed by atoms with van der Waals surface area (Å²) in [6, 6.07) is 7.31. The molecule has 10 heteroatoms. The van der Waals surface area contributed by atoms with Crippen LogP contribution in [-0.4, -0.2) is 40.1 Å². The first-order valence-corrected chi connectivity index (χ1v) is 12.0. The van der Waals surface area contributed by atoms with Crippen LogP contribution < -0.4 is 14.4 Å². The summed E-state index contributed by atoms with van der Waals surface area (Å²) in [5.74, 6) is -1.17. The highest BCUT2D eigenvalue weighted by atomic mass is 79.9. The van der Waals surface area contributed by atoms with Crippen molar-refractivity contribution in [2.45, 2.75) is 25.5 Å². The van der Waals surface area contributed by atoms with Gasteiger partial charge in [-0.1, -0.05) is 0 Å². The second-order valence-corrected chi connectivity index (χ2v) is 9.72. The minimum absolute atomic E-state index is 0.0182. The van der Waals surface area contributed by atoms with Gasteiger partial charge in [-0.25, -0.2) is 4.98 Å². The number of halogens is 1. The Morgan fingerprint density at radius 2 is 2.09 bits per heavy atom. The zero-order chi connectivity index (χ0) is 24.1. The van der Waals surface area contributed by atoms with Gasteiger partial charge in [-0.3, -0.25) is 14.5 Å². The molecule has 1 saturated heterocycles. The van der Waals surface area contributed by atoms with Crippen molar-refractivity contribution in [2.75, 3.05) is 12.0 Å². The topological polar surface area (TPSA) is 109 Å². The number of nitrogens with zero attached hydrogens (tertiary/aromatic N) is 2. The van der Waals surface area contributed by atoms with E-state index in [9.17, 15) is 19.8 Å². The number of ether oxygens (including phenoxy) is 2. The lowest BCUT2D eigenvalue weighted by Gasteiger charge is -2.24. The van der Waals surface area contributed by atoms with Crippen LogP contribution in [0.1, 0.15) is 29.7 Å². The number of aromatic hydroxyl groups is 1. The molecule has 5 rings (SSSR count). The van der Waals surface area contributed by atoms with Crippen LogP contribution in [0.15, 0.2) is 52.0 Å². The number of carbonyl (C=O) groups excluding carboxylic acids is 2. The number of aliphatic hydroxyl groups is 1. The molecule has 2 atom stereocenters. The van der Waals surface area contributed by atoms with Crippen molar-refractivity contribution in [3.63, 3.8) is 0 Å². The first-order valence-electron chi connectivity index (χ1n) is 10.4. The number of ketones is 1. The summed E-state index contributed by atoms with van der Waals surface area (Å²) in [6.45, 7) is 1.95. The molecule has 2 unspecified atom stereocenters. The van der Waals surface area contributed by atoms with Crippen LogP contribution in [0.3, 0.4) is 0 Å². The number of Topliss-reactive ketones (excluding diaryl/α,β-unsaturated/α-hetero) is 1. The number of benzene rings is 2. The van der Waals surface area contributed by atoms with Crippen molar-refractivity contribution >= 4 is 49.8 Å². The zero-order valence-electron chi connectivity index (χ0n) is 18.1. The Hall–Kier alpha value is -3.37. The van der Waals surface area contributed by atoms with E-state index in [4.69, 9.17) is 9.47 Å². The SMILES string of the molecule is COc1cc(C2/C(=C(/O)c3ccc4c(c3)CC(C)O4)C(=O)C(=O)N2c2nccs2)cc(Br)c1O. The van der Waals surface area contributed by atoms with Gasteiger partial charge in [0, 0.05) is 23.6 Å². The van der Waals surface area contributed by atoms with Gasteiger partial charge < -0.3 is 19.7 Å². The largest absolute Gasteiger partial charge is 0.507 e. The average Bonchev–Trinajstić information content (AvgIpc) is 3.53. The molecule has 174 valence electrons. The number of carbonyl (C=O) groups is 2. The molecule has 0 saturated carbocycles. The predicted molar refractivity (Wildman–Crippen MR) is 129 cm³/mol. The third-order valence-corrected chi connectivity index (χ3v) is 7.20. The number of anilines is 1. The molecule has 0 radical (unpaired) electrons. The maximum absolute atomic E-state index is 13.3. The molecular weight excluding hydrogens is 524 g/mol. The lowest BCUT2D eigenvalue weighted by atomic mass is 9.94. The van der Waals surface area contributed by atoms with Crippen LogP contribution >= 0.6 is 27.3 Å². The first kappa shape index (κ1) is 22.4. The molecule has 2 aromatic carbocycles. The molecule has 2 aliphatic rings. The Bertz CT molecular complexity index is 1350. The molecule has 34 heavy (non-hydrogen) atoms. The summed E-state index contributed by atoms with van der Waals surface area (Å²) in [4.78, 5) is 31.9. The number of fused-ring (bicyclic) bond motifs is 1. The second-order valence-electron chi connectivity index (χ2n) is 7.99. The van der Waals surface area contributed by atoms with E-state index in [2.05, 4.69) is 20.9 Å². The molecule has 0 bridgehead atoms. The van der Waals surface area contributed by atoms with Gasteiger partial charge in [0.1, 0.15) is 17.6 Å². The van der Waals surface area contributed by atoms with Crippen molar-refractivity contribution in [2.24, 2.45) is 0 Å². The number of methoxy groups -OCH3 is 1. The molecule has 0 spiro atoms. The van der Waals surface area contributed by atoms with E-state index < -0.39 is 17.7 Å². The Balaban J connectivity index is 1.72. The number of phenolic OH excluding ortho intramolecular Hbond substituents is 1. The maximum atomic E-state index is 13.3. The Labute approximate surface area is 207 Å². The van der Waals surface area contributed by atoms with E-state index in [1.165, 1.54) is 35.6 Å². The predicted octanol–water partition coefficient (Wildman–Crippen LogP) is 4.57. The van der Waals surface area contributed by atoms with Gasteiger partial charge in [-0.05, 0) is 64.3 Å². The third kappa shape index (κ3) is 3.54. The van der Waals surface area contributed by atoms with Gasteiger partial charge in [0.15, 0.2) is 16.6 Å². The van der Waals surface area contributed by atoms with Crippen LogP contribution in [0.25, 0.3) is 5.76 Å².